The molecule has 1 atom stereocenters. The topological polar surface area (TPSA) is 77.8 Å². The van der Waals surface area contributed by atoms with E-state index in [1.54, 1.807) is 12.1 Å². The smallest absolute Gasteiger partial charge is 0.339 e. The molecule has 1 rings (SSSR count). The molecule has 0 fully saturated rings. The average Bonchev–Trinajstić information content (AvgIpc) is 2.58. The van der Waals surface area contributed by atoms with Crippen molar-refractivity contribution in [2.75, 3.05) is 0 Å². The molecule has 0 radical (unpaired) electrons. The summed E-state index contributed by atoms with van der Waals surface area (Å²) in [6.45, 7) is 1.86. The zero-order chi connectivity index (χ0) is 19.2. The number of hydrogen-bond donors (Lipinski definition) is 3. The van der Waals surface area contributed by atoms with Crippen LogP contribution in [-0.2, 0) is 6.42 Å². The highest BCUT2D eigenvalue weighted by Gasteiger charge is 2.14. The molecule has 148 valence electrons. The number of unbranched alkanes of at least 4 members (excludes halogenated alkanes) is 10. The molecular weight excluding hydrogens is 328 g/mol. The van der Waals surface area contributed by atoms with Crippen molar-refractivity contribution in [3.05, 3.63) is 29.3 Å². The minimum absolute atomic E-state index is 0.0564. The lowest BCUT2D eigenvalue weighted by Gasteiger charge is -2.08. The van der Waals surface area contributed by atoms with Gasteiger partial charge in [0.15, 0.2) is 0 Å². The molecule has 0 aliphatic carbocycles. The maximum atomic E-state index is 11.2. The van der Waals surface area contributed by atoms with Crippen molar-refractivity contribution in [3.8, 4) is 5.75 Å². The summed E-state index contributed by atoms with van der Waals surface area (Å²) >= 11 is 0. The number of aromatic hydroxyl groups is 1. The molecule has 1 aromatic rings. The van der Waals surface area contributed by atoms with Crippen LogP contribution in [-0.4, -0.2) is 27.4 Å². The van der Waals surface area contributed by atoms with Gasteiger partial charge in [0.25, 0.3) is 0 Å². The summed E-state index contributed by atoms with van der Waals surface area (Å²) < 4.78 is 0. The standard InChI is InChI=1S/C22H36O4/c1-18(23)14-11-9-7-5-3-2-4-6-8-10-12-15-19-16-13-17-20(24)21(19)22(25)26/h13,16-18,23-24H,2-12,14-15H2,1H3,(H,25,26). The third kappa shape index (κ3) is 9.81. The number of aliphatic hydroxyl groups is 1. The quantitative estimate of drug-likeness (QED) is 0.349. The van der Waals surface area contributed by atoms with E-state index in [4.69, 9.17) is 0 Å². The second kappa shape index (κ2) is 13.6. The molecule has 0 aromatic heterocycles. The van der Waals surface area contributed by atoms with Gasteiger partial charge in [0.2, 0.25) is 0 Å². The minimum atomic E-state index is -1.05. The molecule has 4 heteroatoms. The molecule has 0 spiro atoms. The van der Waals surface area contributed by atoms with Gasteiger partial charge in [-0.05, 0) is 37.8 Å². The predicted octanol–water partition coefficient (Wildman–Crippen LogP) is 5.69. The van der Waals surface area contributed by atoms with Crippen molar-refractivity contribution in [2.24, 2.45) is 0 Å². The van der Waals surface area contributed by atoms with Crippen LogP contribution in [0.25, 0.3) is 0 Å². The van der Waals surface area contributed by atoms with Crippen LogP contribution in [0.4, 0.5) is 0 Å². The van der Waals surface area contributed by atoms with E-state index in [1.807, 2.05) is 6.92 Å². The zero-order valence-electron chi connectivity index (χ0n) is 16.3. The maximum Gasteiger partial charge on any atom is 0.339 e. The molecular formula is C22H36O4. The highest BCUT2D eigenvalue weighted by Crippen LogP contribution is 2.23. The van der Waals surface area contributed by atoms with Crippen LogP contribution < -0.4 is 0 Å². The molecule has 1 aromatic carbocycles. The fourth-order valence-electron chi connectivity index (χ4n) is 3.39. The predicted molar refractivity (Wildman–Crippen MR) is 106 cm³/mol. The minimum Gasteiger partial charge on any atom is -0.507 e. The van der Waals surface area contributed by atoms with Crippen molar-refractivity contribution in [1.82, 2.24) is 0 Å². The average molecular weight is 365 g/mol. The van der Waals surface area contributed by atoms with Gasteiger partial charge in [0.05, 0.1) is 6.10 Å². The molecule has 3 N–H and O–H groups in total. The Morgan fingerprint density at radius 2 is 1.38 bits per heavy atom. The third-order valence-corrected chi connectivity index (χ3v) is 4.91. The van der Waals surface area contributed by atoms with Gasteiger partial charge in [0.1, 0.15) is 11.3 Å². The summed E-state index contributed by atoms with van der Waals surface area (Å²) in [6.07, 6.45) is 14.8. The van der Waals surface area contributed by atoms with E-state index < -0.39 is 5.97 Å². The molecule has 0 heterocycles. The lowest BCUT2D eigenvalue weighted by Crippen LogP contribution is -2.03. The second-order valence-corrected chi connectivity index (χ2v) is 7.39. The van der Waals surface area contributed by atoms with E-state index >= 15 is 0 Å². The summed E-state index contributed by atoms with van der Waals surface area (Å²) in [5.74, 6) is -1.19. The van der Waals surface area contributed by atoms with Crippen LogP contribution in [0.3, 0.4) is 0 Å². The number of phenols is 1. The molecule has 0 saturated heterocycles. The number of hydrogen-bond acceptors (Lipinski definition) is 3. The Morgan fingerprint density at radius 3 is 1.88 bits per heavy atom. The first kappa shape index (κ1) is 22.5. The largest absolute Gasteiger partial charge is 0.507 e. The number of aliphatic hydroxyl groups excluding tert-OH is 1. The van der Waals surface area contributed by atoms with Crippen LogP contribution in [0.2, 0.25) is 0 Å². The number of rotatable bonds is 15. The molecule has 0 bridgehead atoms. The Balaban J connectivity index is 1.99. The fraction of sp³-hybridized carbons (Fsp3) is 0.682. The van der Waals surface area contributed by atoms with Crippen LogP contribution in [0.5, 0.6) is 5.75 Å². The van der Waals surface area contributed by atoms with Gasteiger partial charge in [-0.3, -0.25) is 0 Å². The summed E-state index contributed by atoms with van der Waals surface area (Å²) in [4.78, 5) is 11.2. The number of carboxylic acid groups (broad SMARTS) is 1. The Labute approximate surface area is 158 Å². The van der Waals surface area contributed by atoms with Gasteiger partial charge in [-0.25, -0.2) is 4.79 Å². The SMILES string of the molecule is CC(O)CCCCCCCCCCCCCc1cccc(O)c1C(=O)O. The first-order chi connectivity index (χ1) is 12.5. The second-order valence-electron chi connectivity index (χ2n) is 7.39. The molecule has 26 heavy (non-hydrogen) atoms. The van der Waals surface area contributed by atoms with Crippen molar-refractivity contribution in [1.29, 1.82) is 0 Å². The Bertz CT molecular complexity index is 511. The first-order valence-electron chi connectivity index (χ1n) is 10.2. The van der Waals surface area contributed by atoms with E-state index in [2.05, 4.69) is 0 Å². The zero-order valence-corrected chi connectivity index (χ0v) is 16.3. The summed E-state index contributed by atoms with van der Waals surface area (Å²) in [5.41, 5.74) is 0.786. The van der Waals surface area contributed by atoms with Crippen LogP contribution in [0, 0.1) is 0 Å². The molecule has 0 saturated carbocycles. The van der Waals surface area contributed by atoms with Crippen LogP contribution in [0.1, 0.15) is 99.9 Å². The van der Waals surface area contributed by atoms with E-state index in [0.717, 1.165) is 31.2 Å². The molecule has 0 amide bonds. The van der Waals surface area contributed by atoms with Gasteiger partial charge in [-0.15, -0.1) is 0 Å². The fourth-order valence-corrected chi connectivity index (χ4v) is 3.39. The molecule has 4 nitrogen and oxygen atoms in total. The van der Waals surface area contributed by atoms with Gasteiger partial charge < -0.3 is 15.3 Å². The van der Waals surface area contributed by atoms with Gasteiger partial charge >= 0.3 is 5.97 Å². The molecule has 1 unspecified atom stereocenters. The van der Waals surface area contributed by atoms with E-state index in [0.29, 0.717) is 6.42 Å². The first-order valence-corrected chi connectivity index (χ1v) is 10.2. The number of carbonyl (C=O) groups is 1. The third-order valence-electron chi connectivity index (χ3n) is 4.91. The molecule has 0 aliphatic heterocycles. The molecule has 0 aliphatic rings. The summed E-state index contributed by atoms with van der Waals surface area (Å²) in [6, 6.07) is 4.94. The van der Waals surface area contributed by atoms with Crippen molar-refractivity contribution < 1.29 is 20.1 Å². The van der Waals surface area contributed by atoms with E-state index in [1.165, 1.54) is 57.4 Å². The van der Waals surface area contributed by atoms with Gasteiger partial charge in [0, 0.05) is 0 Å². The maximum absolute atomic E-state index is 11.2. The Kier molecular flexibility index (Phi) is 11.8. The summed E-state index contributed by atoms with van der Waals surface area (Å²) in [7, 11) is 0. The van der Waals surface area contributed by atoms with E-state index in [9.17, 15) is 20.1 Å². The number of carboxylic acids is 1. The Morgan fingerprint density at radius 1 is 0.885 bits per heavy atom. The number of benzene rings is 1. The van der Waals surface area contributed by atoms with Crippen molar-refractivity contribution in [3.63, 3.8) is 0 Å². The van der Waals surface area contributed by atoms with Crippen LogP contribution in [0.15, 0.2) is 18.2 Å². The summed E-state index contributed by atoms with van der Waals surface area (Å²) in [5, 5.41) is 28.1. The number of aromatic carboxylic acids is 1. The van der Waals surface area contributed by atoms with Crippen LogP contribution >= 0.6 is 0 Å². The Hall–Kier alpha value is -1.55. The van der Waals surface area contributed by atoms with Crippen molar-refractivity contribution in [2.45, 2.75) is 96.5 Å². The lowest BCUT2D eigenvalue weighted by molar-refractivity contribution is 0.0692. The highest BCUT2D eigenvalue weighted by atomic mass is 16.4. The van der Waals surface area contributed by atoms with Gasteiger partial charge in [-0.1, -0.05) is 76.3 Å². The monoisotopic (exact) mass is 364 g/mol. The van der Waals surface area contributed by atoms with E-state index in [-0.39, 0.29) is 17.4 Å². The lowest BCUT2D eigenvalue weighted by atomic mass is 9.99. The van der Waals surface area contributed by atoms with Gasteiger partial charge in [-0.2, -0.15) is 0 Å². The van der Waals surface area contributed by atoms with Crippen molar-refractivity contribution >= 4 is 5.97 Å². The normalized spacial score (nSPS) is 12.2. The highest BCUT2D eigenvalue weighted by molar-refractivity contribution is 5.92. The number of aryl methyl sites for hydroxylation is 1.